The van der Waals surface area contributed by atoms with Crippen LogP contribution in [0.2, 0.25) is 0 Å². The summed E-state index contributed by atoms with van der Waals surface area (Å²) in [6.07, 6.45) is 0.878. The molecule has 1 amide bonds. The van der Waals surface area contributed by atoms with E-state index in [-0.39, 0.29) is 17.9 Å². The van der Waals surface area contributed by atoms with Gasteiger partial charge in [-0.25, -0.2) is 4.79 Å². The summed E-state index contributed by atoms with van der Waals surface area (Å²) >= 11 is 0. The van der Waals surface area contributed by atoms with Crippen molar-refractivity contribution in [2.45, 2.75) is 12.5 Å². The topological polar surface area (TPSA) is 84.9 Å². The molecule has 1 aliphatic heterocycles. The maximum atomic E-state index is 12.4. The van der Waals surface area contributed by atoms with Gasteiger partial charge in [-0.2, -0.15) is 0 Å². The molecular formula is C20H21NO5. The molecule has 0 saturated carbocycles. The second kappa shape index (κ2) is 8.49. The van der Waals surface area contributed by atoms with Gasteiger partial charge in [-0.15, -0.1) is 0 Å². The van der Waals surface area contributed by atoms with Gasteiger partial charge in [-0.3, -0.25) is 4.79 Å². The predicted molar refractivity (Wildman–Crippen MR) is 95.1 cm³/mol. The zero-order chi connectivity index (χ0) is 18.4. The van der Waals surface area contributed by atoms with Crippen molar-refractivity contribution in [3.8, 4) is 5.75 Å². The molecule has 26 heavy (non-hydrogen) atoms. The average Bonchev–Trinajstić information content (AvgIpc) is 3.14. The normalized spacial score (nSPS) is 19.1. The van der Waals surface area contributed by atoms with Crippen molar-refractivity contribution in [3.63, 3.8) is 0 Å². The van der Waals surface area contributed by atoms with Gasteiger partial charge in [0, 0.05) is 24.6 Å². The van der Waals surface area contributed by atoms with Gasteiger partial charge >= 0.3 is 5.97 Å². The zero-order valence-electron chi connectivity index (χ0n) is 14.3. The summed E-state index contributed by atoms with van der Waals surface area (Å²) in [5.41, 5.74) is 1.55. The van der Waals surface area contributed by atoms with E-state index in [2.05, 4.69) is 5.32 Å². The van der Waals surface area contributed by atoms with E-state index in [4.69, 9.17) is 14.6 Å². The van der Waals surface area contributed by atoms with Crippen LogP contribution in [-0.2, 0) is 9.53 Å². The van der Waals surface area contributed by atoms with Gasteiger partial charge in [0.2, 0.25) is 0 Å². The maximum Gasteiger partial charge on any atom is 0.341 e. The summed E-state index contributed by atoms with van der Waals surface area (Å²) < 4.78 is 10.9. The number of ether oxygens (including phenoxy) is 2. The van der Waals surface area contributed by atoms with Crippen LogP contribution in [0.5, 0.6) is 5.75 Å². The Hall–Kier alpha value is -2.86. The first-order chi connectivity index (χ1) is 12.6. The van der Waals surface area contributed by atoms with E-state index in [0.29, 0.717) is 24.5 Å². The second-order valence-electron chi connectivity index (χ2n) is 6.17. The van der Waals surface area contributed by atoms with E-state index in [1.165, 1.54) is 6.07 Å². The van der Waals surface area contributed by atoms with Crippen molar-refractivity contribution < 1.29 is 24.2 Å². The largest absolute Gasteiger partial charge is 0.482 e. The fraction of sp³-hybridized carbons (Fsp3) is 0.300. The lowest BCUT2D eigenvalue weighted by molar-refractivity contribution is -0.139. The Morgan fingerprint density at radius 3 is 2.73 bits per heavy atom. The van der Waals surface area contributed by atoms with Gasteiger partial charge in [-0.05, 0) is 30.2 Å². The number of carbonyl (C=O) groups excluding carboxylic acids is 1. The number of carbonyl (C=O) groups is 2. The van der Waals surface area contributed by atoms with Gasteiger partial charge < -0.3 is 19.9 Å². The molecule has 2 aromatic carbocycles. The molecule has 0 aromatic heterocycles. The number of hydrogen-bond acceptors (Lipinski definition) is 4. The first-order valence-electron chi connectivity index (χ1n) is 8.53. The number of amides is 1. The number of aliphatic carboxylic acids is 1. The molecule has 1 aliphatic rings. The zero-order valence-corrected chi connectivity index (χ0v) is 14.3. The van der Waals surface area contributed by atoms with E-state index in [9.17, 15) is 9.59 Å². The summed E-state index contributed by atoms with van der Waals surface area (Å²) in [6, 6.07) is 16.5. The van der Waals surface area contributed by atoms with Gasteiger partial charge in [0.1, 0.15) is 5.75 Å². The van der Waals surface area contributed by atoms with E-state index < -0.39 is 12.6 Å². The smallest absolute Gasteiger partial charge is 0.341 e. The van der Waals surface area contributed by atoms with Crippen LogP contribution < -0.4 is 10.1 Å². The second-order valence-corrected chi connectivity index (χ2v) is 6.17. The Kier molecular flexibility index (Phi) is 5.86. The number of hydrogen-bond donors (Lipinski definition) is 2. The Bertz CT molecular complexity index is 762. The molecule has 2 aromatic rings. The minimum absolute atomic E-state index is 0.0123. The van der Waals surface area contributed by atoms with Crippen LogP contribution >= 0.6 is 0 Å². The van der Waals surface area contributed by atoms with Crippen LogP contribution in [0.25, 0.3) is 0 Å². The highest BCUT2D eigenvalue weighted by molar-refractivity contribution is 5.94. The predicted octanol–water partition coefficient (Wildman–Crippen LogP) is 2.66. The Labute approximate surface area is 151 Å². The third kappa shape index (κ3) is 4.61. The molecule has 6 heteroatoms. The summed E-state index contributed by atoms with van der Waals surface area (Å²) in [7, 11) is 0. The summed E-state index contributed by atoms with van der Waals surface area (Å²) in [4.78, 5) is 23.0. The monoisotopic (exact) mass is 355 g/mol. The van der Waals surface area contributed by atoms with Crippen molar-refractivity contribution in [3.05, 3.63) is 65.7 Å². The third-order valence-electron chi connectivity index (χ3n) is 4.33. The molecule has 0 aliphatic carbocycles. The van der Waals surface area contributed by atoms with Crippen LogP contribution in [0.3, 0.4) is 0 Å². The average molecular weight is 355 g/mol. The first kappa shape index (κ1) is 17.9. The van der Waals surface area contributed by atoms with Crippen molar-refractivity contribution in [1.29, 1.82) is 0 Å². The van der Waals surface area contributed by atoms with Crippen LogP contribution in [0.1, 0.15) is 28.4 Å². The molecule has 6 nitrogen and oxygen atoms in total. The van der Waals surface area contributed by atoms with Crippen LogP contribution in [0, 0.1) is 5.92 Å². The Morgan fingerprint density at radius 2 is 1.96 bits per heavy atom. The van der Waals surface area contributed by atoms with E-state index in [1.807, 2.05) is 30.3 Å². The Balaban J connectivity index is 1.58. The number of rotatable bonds is 7. The van der Waals surface area contributed by atoms with Crippen molar-refractivity contribution >= 4 is 11.9 Å². The quantitative estimate of drug-likeness (QED) is 0.798. The highest BCUT2D eigenvalue weighted by Gasteiger charge is 2.29. The van der Waals surface area contributed by atoms with E-state index in [0.717, 1.165) is 12.0 Å². The fourth-order valence-corrected chi connectivity index (χ4v) is 3.05. The molecule has 0 bridgehead atoms. The van der Waals surface area contributed by atoms with Gasteiger partial charge in [0.15, 0.2) is 6.61 Å². The number of carboxylic acid groups (broad SMARTS) is 1. The minimum atomic E-state index is -1.06. The van der Waals surface area contributed by atoms with E-state index >= 15 is 0 Å². The molecular weight excluding hydrogens is 334 g/mol. The van der Waals surface area contributed by atoms with Crippen molar-refractivity contribution in [2.24, 2.45) is 5.92 Å². The highest BCUT2D eigenvalue weighted by atomic mass is 16.5. The highest BCUT2D eigenvalue weighted by Crippen LogP contribution is 2.33. The molecule has 0 radical (unpaired) electrons. The van der Waals surface area contributed by atoms with Gasteiger partial charge in [0.05, 0.1) is 6.10 Å². The van der Waals surface area contributed by atoms with Crippen LogP contribution in [-0.4, -0.2) is 36.7 Å². The molecule has 1 saturated heterocycles. The molecule has 0 unspecified atom stereocenters. The standard InChI is InChI=1S/C20H21NO5/c22-18(23)13-26-17-8-4-7-15(11-17)20(24)21-12-16-9-10-25-19(16)14-5-2-1-3-6-14/h1-8,11,16,19H,9-10,12-13H2,(H,21,24)(H,22,23)/t16-,19-/m1/s1. The van der Waals surface area contributed by atoms with Crippen molar-refractivity contribution in [2.75, 3.05) is 19.8 Å². The molecule has 2 N–H and O–H groups in total. The summed E-state index contributed by atoms with van der Waals surface area (Å²) in [6.45, 7) is 0.750. The maximum absolute atomic E-state index is 12.4. The lowest BCUT2D eigenvalue weighted by Gasteiger charge is -2.19. The van der Waals surface area contributed by atoms with Gasteiger partial charge in [0.25, 0.3) is 5.91 Å². The number of carboxylic acids is 1. The van der Waals surface area contributed by atoms with Crippen LogP contribution in [0.4, 0.5) is 0 Å². The van der Waals surface area contributed by atoms with Gasteiger partial charge in [-0.1, -0.05) is 36.4 Å². The molecule has 1 fully saturated rings. The lowest BCUT2D eigenvalue weighted by Crippen LogP contribution is -2.30. The minimum Gasteiger partial charge on any atom is -0.482 e. The third-order valence-corrected chi connectivity index (χ3v) is 4.33. The molecule has 2 atom stereocenters. The molecule has 3 rings (SSSR count). The molecule has 1 heterocycles. The molecule has 0 spiro atoms. The summed E-state index contributed by atoms with van der Waals surface area (Å²) in [5, 5.41) is 11.6. The summed E-state index contributed by atoms with van der Waals surface area (Å²) in [5.74, 6) is -0.711. The van der Waals surface area contributed by atoms with Crippen LogP contribution in [0.15, 0.2) is 54.6 Å². The Morgan fingerprint density at radius 1 is 1.15 bits per heavy atom. The SMILES string of the molecule is O=C(O)COc1cccc(C(=O)NC[C@H]2CCO[C@@H]2c2ccccc2)c1. The number of benzene rings is 2. The molecule has 136 valence electrons. The van der Waals surface area contributed by atoms with E-state index in [1.54, 1.807) is 18.2 Å². The number of nitrogens with one attached hydrogen (secondary N) is 1. The van der Waals surface area contributed by atoms with Crippen molar-refractivity contribution in [1.82, 2.24) is 5.32 Å². The first-order valence-corrected chi connectivity index (χ1v) is 8.53. The lowest BCUT2D eigenvalue weighted by atomic mass is 9.95. The fourth-order valence-electron chi connectivity index (χ4n) is 3.05.